The van der Waals surface area contributed by atoms with Crippen molar-refractivity contribution >= 4 is 0 Å². The van der Waals surface area contributed by atoms with Gasteiger partial charge < -0.3 is 0 Å². The molecule has 19 heavy (non-hydrogen) atoms. The maximum absolute atomic E-state index is 12.5. The molecule has 1 nitrogen and oxygen atoms in total. The normalized spacial score (nSPS) is 26.9. The van der Waals surface area contributed by atoms with Crippen LogP contribution in [0.25, 0.3) is 0 Å². The van der Waals surface area contributed by atoms with Crippen LogP contribution in [0.15, 0.2) is 36.4 Å². The zero-order valence-corrected chi connectivity index (χ0v) is 10.5. The molecule has 2 bridgehead atoms. The number of benzene rings is 1. The van der Waals surface area contributed by atoms with Crippen molar-refractivity contribution in [2.24, 2.45) is 0 Å². The molecule has 2 unspecified atom stereocenters. The van der Waals surface area contributed by atoms with Gasteiger partial charge in [-0.1, -0.05) is 24.3 Å². The summed E-state index contributed by atoms with van der Waals surface area (Å²) in [6.07, 6.45) is 3.64. The van der Waals surface area contributed by atoms with E-state index in [-0.39, 0.29) is 0 Å². The predicted octanol–water partition coefficient (Wildman–Crippen LogP) is 4.00. The second-order valence-corrected chi connectivity index (χ2v) is 5.33. The molecule has 0 aliphatic carbocycles. The molecular formula is C15H16F3N. The molecule has 0 amide bonds. The van der Waals surface area contributed by atoms with E-state index in [2.05, 4.69) is 17.1 Å². The number of halogens is 3. The van der Waals surface area contributed by atoms with Crippen LogP contribution >= 0.6 is 0 Å². The van der Waals surface area contributed by atoms with Crippen molar-refractivity contribution in [3.63, 3.8) is 0 Å². The third kappa shape index (κ3) is 2.54. The van der Waals surface area contributed by atoms with Gasteiger partial charge >= 0.3 is 6.18 Å². The Morgan fingerprint density at radius 3 is 2.47 bits per heavy atom. The monoisotopic (exact) mass is 267 g/mol. The molecule has 2 heterocycles. The van der Waals surface area contributed by atoms with Crippen molar-refractivity contribution in [3.05, 3.63) is 47.5 Å². The lowest BCUT2D eigenvalue weighted by molar-refractivity contribution is -0.137. The van der Waals surface area contributed by atoms with Gasteiger partial charge in [0.1, 0.15) is 0 Å². The molecule has 1 aromatic carbocycles. The summed E-state index contributed by atoms with van der Waals surface area (Å²) in [5.41, 5.74) is 0.387. The van der Waals surface area contributed by atoms with Gasteiger partial charge in [0.15, 0.2) is 0 Å². The first-order valence-electron chi connectivity index (χ1n) is 6.62. The van der Waals surface area contributed by atoms with Gasteiger partial charge in [-0.2, -0.15) is 13.2 Å². The highest BCUT2D eigenvalue weighted by Crippen LogP contribution is 2.33. The highest BCUT2D eigenvalue weighted by molar-refractivity contribution is 5.25. The zero-order valence-electron chi connectivity index (χ0n) is 10.5. The fraction of sp³-hybridized carbons (Fsp3) is 0.467. The zero-order chi connectivity index (χ0) is 13.5. The van der Waals surface area contributed by atoms with Crippen LogP contribution in [0.3, 0.4) is 0 Å². The van der Waals surface area contributed by atoms with Crippen molar-refractivity contribution in [1.29, 1.82) is 0 Å². The molecule has 102 valence electrons. The fourth-order valence-corrected chi connectivity index (χ4v) is 3.07. The molecule has 0 N–H and O–H groups in total. The molecule has 1 saturated heterocycles. The van der Waals surface area contributed by atoms with E-state index in [4.69, 9.17) is 0 Å². The topological polar surface area (TPSA) is 3.24 Å². The Kier molecular flexibility index (Phi) is 3.13. The average Bonchev–Trinajstić information content (AvgIpc) is 2.61. The summed E-state index contributed by atoms with van der Waals surface area (Å²) in [6, 6.07) is 6.59. The van der Waals surface area contributed by atoms with E-state index in [0.29, 0.717) is 12.1 Å². The SMILES string of the molecule is FC(F)(F)c1ccc(CN2C3C=CCC2CC3)cc1. The minimum absolute atomic E-state index is 0.473. The van der Waals surface area contributed by atoms with Crippen molar-refractivity contribution in [1.82, 2.24) is 4.90 Å². The lowest BCUT2D eigenvalue weighted by atomic mass is 10.1. The van der Waals surface area contributed by atoms with E-state index < -0.39 is 11.7 Å². The summed E-state index contributed by atoms with van der Waals surface area (Å²) < 4.78 is 37.5. The molecule has 1 fully saturated rings. The predicted molar refractivity (Wildman–Crippen MR) is 67.6 cm³/mol. The first-order valence-corrected chi connectivity index (χ1v) is 6.62. The molecular weight excluding hydrogens is 251 g/mol. The Labute approximate surface area is 110 Å². The Hall–Kier alpha value is -1.29. The number of hydrogen-bond acceptors (Lipinski definition) is 1. The Bertz CT molecular complexity index is 475. The van der Waals surface area contributed by atoms with Gasteiger partial charge in [0.05, 0.1) is 5.56 Å². The van der Waals surface area contributed by atoms with Gasteiger partial charge in [-0.3, -0.25) is 4.90 Å². The molecule has 0 spiro atoms. The van der Waals surface area contributed by atoms with Gasteiger partial charge in [0.25, 0.3) is 0 Å². The minimum Gasteiger partial charge on any atom is -0.289 e. The minimum atomic E-state index is -4.24. The summed E-state index contributed by atoms with van der Waals surface area (Å²) in [6.45, 7) is 0.748. The van der Waals surface area contributed by atoms with Gasteiger partial charge in [0, 0.05) is 18.6 Å². The molecule has 2 atom stereocenters. The largest absolute Gasteiger partial charge is 0.416 e. The summed E-state index contributed by atoms with van der Waals surface area (Å²) >= 11 is 0. The van der Waals surface area contributed by atoms with Crippen molar-refractivity contribution in [2.45, 2.75) is 44.1 Å². The number of fused-ring (bicyclic) bond motifs is 2. The Morgan fingerprint density at radius 1 is 1.11 bits per heavy atom. The van der Waals surface area contributed by atoms with Crippen molar-refractivity contribution in [2.75, 3.05) is 0 Å². The highest BCUT2D eigenvalue weighted by Gasteiger charge is 2.34. The molecule has 2 aliphatic heterocycles. The lowest BCUT2D eigenvalue weighted by Crippen LogP contribution is -2.36. The van der Waals surface area contributed by atoms with Crippen molar-refractivity contribution < 1.29 is 13.2 Å². The second-order valence-electron chi connectivity index (χ2n) is 5.33. The fourth-order valence-electron chi connectivity index (χ4n) is 3.07. The van der Waals surface area contributed by atoms with Crippen LogP contribution < -0.4 is 0 Å². The van der Waals surface area contributed by atoms with E-state index in [1.807, 2.05) is 0 Å². The number of rotatable bonds is 2. The van der Waals surface area contributed by atoms with E-state index in [1.165, 1.54) is 25.0 Å². The average molecular weight is 267 g/mol. The van der Waals surface area contributed by atoms with Gasteiger partial charge in [0.2, 0.25) is 0 Å². The van der Waals surface area contributed by atoms with Gasteiger partial charge in [-0.25, -0.2) is 0 Å². The summed E-state index contributed by atoms with van der Waals surface area (Å²) in [5.74, 6) is 0. The highest BCUT2D eigenvalue weighted by atomic mass is 19.4. The van der Waals surface area contributed by atoms with Crippen LogP contribution in [0, 0.1) is 0 Å². The van der Waals surface area contributed by atoms with Gasteiger partial charge in [-0.05, 0) is 37.0 Å². The lowest BCUT2D eigenvalue weighted by Gasteiger charge is -2.31. The maximum Gasteiger partial charge on any atom is 0.416 e. The van der Waals surface area contributed by atoms with Crippen LogP contribution in [-0.2, 0) is 12.7 Å². The standard InChI is InChI=1S/C15H16F3N/c16-15(17,18)12-6-4-11(5-7-12)10-19-13-2-1-3-14(19)9-8-13/h1-2,4-7,13-14H,3,8-10H2. The van der Waals surface area contributed by atoms with Crippen LogP contribution in [0.2, 0.25) is 0 Å². The molecule has 4 heteroatoms. The molecule has 0 saturated carbocycles. The van der Waals surface area contributed by atoms with E-state index in [0.717, 1.165) is 18.5 Å². The number of alkyl halides is 3. The van der Waals surface area contributed by atoms with E-state index in [1.54, 1.807) is 12.1 Å². The first-order chi connectivity index (χ1) is 9.04. The Balaban J connectivity index is 1.72. The van der Waals surface area contributed by atoms with Crippen molar-refractivity contribution in [3.8, 4) is 0 Å². The molecule has 2 aliphatic rings. The van der Waals surface area contributed by atoms with Crippen LogP contribution in [-0.4, -0.2) is 17.0 Å². The Morgan fingerprint density at radius 2 is 1.84 bits per heavy atom. The van der Waals surface area contributed by atoms with Crippen LogP contribution in [0.1, 0.15) is 30.4 Å². The van der Waals surface area contributed by atoms with Gasteiger partial charge in [-0.15, -0.1) is 0 Å². The van der Waals surface area contributed by atoms with E-state index >= 15 is 0 Å². The summed E-state index contributed by atoms with van der Waals surface area (Å²) in [4.78, 5) is 2.41. The number of nitrogens with zero attached hydrogens (tertiary/aromatic N) is 1. The number of hydrogen-bond donors (Lipinski definition) is 0. The smallest absolute Gasteiger partial charge is 0.289 e. The van der Waals surface area contributed by atoms with Crippen LogP contribution in [0.5, 0.6) is 0 Å². The molecule has 0 aromatic heterocycles. The first kappa shape index (κ1) is 12.7. The summed E-state index contributed by atoms with van der Waals surface area (Å²) in [7, 11) is 0. The molecule has 3 rings (SSSR count). The second kappa shape index (κ2) is 4.67. The summed E-state index contributed by atoms with van der Waals surface area (Å²) in [5, 5.41) is 0. The third-order valence-electron chi connectivity index (χ3n) is 4.10. The quantitative estimate of drug-likeness (QED) is 0.732. The van der Waals surface area contributed by atoms with Crippen LogP contribution in [0.4, 0.5) is 13.2 Å². The maximum atomic E-state index is 12.5. The molecule has 1 aromatic rings. The third-order valence-corrected chi connectivity index (χ3v) is 4.10. The van der Waals surface area contributed by atoms with E-state index in [9.17, 15) is 13.2 Å². The molecule has 0 radical (unpaired) electrons.